The zero-order valence-electron chi connectivity index (χ0n) is 10.6. The lowest BCUT2D eigenvalue weighted by molar-refractivity contribution is 0.0268. The van der Waals surface area contributed by atoms with Crippen LogP contribution in [0, 0.1) is 5.92 Å². The molecule has 0 amide bonds. The van der Waals surface area contributed by atoms with Gasteiger partial charge in [0.1, 0.15) is 0 Å². The average Bonchev–Trinajstić information content (AvgIpc) is 2.23. The van der Waals surface area contributed by atoms with Crippen molar-refractivity contribution in [1.29, 1.82) is 0 Å². The van der Waals surface area contributed by atoms with Gasteiger partial charge in [-0.3, -0.25) is 0 Å². The van der Waals surface area contributed by atoms with Crippen molar-refractivity contribution in [2.45, 2.75) is 58.6 Å². The minimum atomic E-state index is -0.621. The van der Waals surface area contributed by atoms with Gasteiger partial charge in [-0.15, -0.1) is 0 Å². The molecule has 0 rings (SSSR count). The molecule has 0 aliphatic rings. The van der Waals surface area contributed by atoms with Crippen molar-refractivity contribution in [3.8, 4) is 0 Å². The largest absolute Gasteiger partial charge is 0.395 e. The van der Waals surface area contributed by atoms with E-state index in [0.717, 1.165) is 19.3 Å². The summed E-state index contributed by atoms with van der Waals surface area (Å²) in [5.74, 6) is 0.561. The summed E-state index contributed by atoms with van der Waals surface area (Å²) in [7, 11) is 0. The lowest BCUT2D eigenvalue weighted by atomic mass is 9.96. The van der Waals surface area contributed by atoms with Crippen molar-refractivity contribution in [2.24, 2.45) is 5.92 Å². The summed E-state index contributed by atoms with van der Waals surface area (Å²) in [6.45, 7) is 8.95. The predicted octanol–water partition coefficient (Wildman–Crippen LogP) is 1.53. The zero-order valence-corrected chi connectivity index (χ0v) is 10.6. The maximum absolute atomic E-state index is 10.1. The predicted molar refractivity (Wildman–Crippen MR) is 63.9 cm³/mol. The maximum Gasteiger partial charge on any atom is 0.0766 e. The van der Waals surface area contributed by atoms with E-state index in [0.29, 0.717) is 12.5 Å². The van der Waals surface area contributed by atoms with Crippen molar-refractivity contribution in [1.82, 2.24) is 5.32 Å². The number of aliphatic hydroxyl groups excluding tert-OH is 1. The fourth-order valence-corrected chi connectivity index (χ4v) is 1.63. The highest BCUT2D eigenvalue weighted by Gasteiger charge is 2.23. The summed E-state index contributed by atoms with van der Waals surface area (Å²) in [6.07, 6.45) is 2.44. The fourth-order valence-electron chi connectivity index (χ4n) is 1.63. The van der Waals surface area contributed by atoms with Crippen LogP contribution in [0.2, 0.25) is 0 Å². The summed E-state index contributed by atoms with van der Waals surface area (Å²) in [5, 5.41) is 22.5. The molecule has 0 aromatic heterocycles. The lowest BCUT2D eigenvalue weighted by Crippen LogP contribution is -2.45. The van der Waals surface area contributed by atoms with E-state index in [1.54, 1.807) is 0 Å². The van der Waals surface area contributed by atoms with Crippen LogP contribution in [-0.4, -0.2) is 35.0 Å². The van der Waals surface area contributed by atoms with Gasteiger partial charge in [0, 0.05) is 12.6 Å². The van der Waals surface area contributed by atoms with Crippen molar-refractivity contribution < 1.29 is 10.2 Å². The Morgan fingerprint density at radius 3 is 2.07 bits per heavy atom. The van der Waals surface area contributed by atoms with Crippen molar-refractivity contribution in [2.75, 3.05) is 13.2 Å². The summed E-state index contributed by atoms with van der Waals surface area (Å²) in [4.78, 5) is 0. The minimum absolute atomic E-state index is 0.106. The first-order valence-corrected chi connectivity index (χ1v) is 6.04. The molecule has 3 nitrogen and oxygen atoms in total. The molecule has 0 aromatic carbocycles. The van der Waals surface area contributed by atoms with Crippen LogP contribution in [0.1, 0.15) is 47.0 Å². The minimum Gasteiger partial charge on any atom is -0.395 e. The molecule has 92 valence electrons. The summed E-state index contributed by atoms with van der Waals surface area (Å²) in [5.41, 5.74) is -0.621. The first-order valence-electron chi connectivity index (χ1n) is 6.04. The standard InChI is InChI=1S/C12H27NO2/c1-5-12(15,6-2)9-13-11(8-14)7-10(3)4/h10-11,13-15H,5-9H2,1-4H3. The third-order valence-corrected chi connectivity index (χ3v) is 3.01. The van der Waals surface area contributed by atoms with Gasteiger partial charge in [0.15, 0.2) is 0 Å². The lowest BCUT2D eigenvalue weighted by Gasteiger charge is -2.28. The van der Waals surface area contributed by atoms with Crippen LogP contribution < -0.4 is 5.32 Å². The number of aliphatic hydroxyl groups is 2. The van der Waals surface area contributed by atoms with E-state index in [1.807, 2.05) is 13.8 Å². The van der Waals surface area contributed by atoms with E-state index in [9.17, 15) is 10.2 Å². The van der Waals surface area contributed by atoms with Crippen LogP contribution in [0.4, 0.5) is 0 Å². The zero-order chi connectivity index (χ0) is 11.9. The van der Waals surface area contributed by atoms with Gasteiger partial charge in [-0.2, -0.15) is 0 Å². The highest BCUT2D eigenvalue weighted by Crippen LogP contribution is 2.14. The van der Waals surface area contributed by atoms with Crippen molar-refractivity contribution in [3.63, 3.8) is 0 Å². The van der Waals surface area contributed by atoms with E-state index in [1.165, 1.54) is 0 Å². The second kappa shape index (κ2) is 7.20. The quantitative estimate of drug-likeness (QED) is 0.578. The molecule has 0 fully saturated rings. The molecule has 15 heavy (non-hydrogen) atoms. The number of hydrogen-bond acceptors (Lipinski definition) is 3. The van der Waals surface area contributed by atoms with Crippen LogP contribution in [0.5, 0.6) is 0 Å². The molecule has 1 atom stereocenters. The second-order valence-electron chi connectivity index (χ2n) is 4.82. The Kier molecular flexibility index (Phi) is 7.14. The molecule has 0 spiro atoms. The Hall–Kier alpha value is -0.120. The molecule has 3 heteroatoms. The molecule has 0 aliphatic heterocycles. The Bertz CT molecular complexity index is 156. The van der Waals surface area contributed by atoms with Gasteiger partial charge in [-0.1, -0.05) is 27.7 Å². The number of hydrogen-bond donors (Lipinski definition) is 3. The van der Waals surface area contributed by atoms with Gasteiger partial charge < -0.3 is 15.5 Å². The summed E-state index contributed by atoms with van der Waals surface area (Å²) < 4.78 is 0. The Morgan fingerprint density at radius 2 is 1.73 bits per heavy atom. The van der Waals surface area contributed by atoms with E-state index in [2.05, 4.69) is 19.2 Å². The van der Waals surface area contributed by atoms with E-state index >= 15 is 0 Å². The van der Waals surface area contributed by atoms with E-state index in [4.69, 9.17) is 0 Å². The molecular formula is C12H27NO2. The number of nitrogens with one attached hydrogen (secondary N) is 1. The van der Waals surface area contributed by atoms with E-state index < -0.39 is 5.60 Å². The molecule has 1 unspecified atom stereocenters. The Balaban J connectivity index is 3.98. The second-order valence-corrected chi connectivity index (χ2v) is 4.82. The van der Waals surface area contributed by atoms with Crippen molar-refractivity contribution in [3.05, 3.63) is 0 Å². The van der Waals surface area contributed by atoms with Gasteiger partial charge in [0.2, 0.25) is 0 Å². The monoisotopic (exact) mass is 217 g/mol. The molecule has 0 saturated carbocycles. The molecule has 0 heterocycles. The van der Waals surface area contributed by atoms with Gasteiger partial charge in [-0.25, -0.2) is 0 Å². The van der Waals surface area contributed by atoms with E-state index in [-0.39, 0.29) is 12.6 Å². The molecule has 0 bridgehead atoms. The Morgan fingerprint density at radius 1 is 1.20 bits per heavy atom. The molecule has 0 radical (unpaired) electrons. The maximum atomic E-state index is 10.1. The molecule has 0 aromatic rings. The number of rotatable bonds is 8. The highest BCUT2D eigenvalue weighted by molar-refractivity contribution is 4.80. The van der Waals surface area contributed by atoms with Crippen LogP contribution in [0.25, 0.3) is 0 Å². The molecule has 0 saturated heterocycles. The van der Waals surface area contributed by atoms with Gasteiger partial charge >= 0.3 is 0 Å². The SMILES string of the molecule is CCC(O)(CC)CNC(CO)CC(C)C. The van der Waals surface area contributed by atoms with Crippen molar-refractivity contribution >= 4 is 0 Å². The summed E-state index contributed by atoms with van der Waals surface area (Å²) >= 11 is 0. The van der Waals surface area contributed by atoms with Crippen LogP contribution >= 0.6 is 0 Å². The highest BCUT2D eigenvalue weighted by atomic mass is 16.3. The first kappa shape index (κ1) is 14.9. The molecule has 0 aliphatic carbocycles. The fraction of sp³-hybridized carbons (Fsp3) is 1.00. The van der Waals surface area contributed by atoms with Gasteiger partial charge in [0.05, 0.1) is 12.2 Å². The van der Waals surface area contributed by atoms with Crippen LogP contribution in [0.3, 0.4) is 0 Å². The third-order valence-electron chi connectivity index (χ3n) is 3.01. The first-order chi connectivity index (χ1) is 6.97. The van der Waals surface area contributed by atoms with Crippen LogP contribution in [0.15, 0.2) is 0 Å². The third kappa shape index (κ3) is 6.13. The summed E-state index contributed by atoms with van der Waals surface area (Å²) in [6, 6.07) is 0.106. The topological polar surface area (TPSA) is 52.5 Å². The Labute approximate surface area is 93.9 Å². The average molecular weight is 217 g/mol. The normalized spacial score (nSPS) is 14.6. The van der Waals surface area contributed by atoms with Gasteiger partial charge in [-0.05, 0) is 25.2 Å². The molecule has 3 N–H and O–H groups in total. The van der Waals surface area contributed by atoms with Crippen LogP contribution in [-0.2, 0) is 0 Å². The van der Waals surface area contributed by atoms with Gasteiger partial charge in [0.25, 0.3) is 0 Å². The smallest absolute Gasteiger partial charge is 0.0766 e. The molecular weight excluding hydrogens is 190 g/mol.